The lowest BCUT2D eigenvalue weighted by Gasteiger charge is -2.18. The molecule has 1 amide bonds. The first kappa shape index (κ1) is 22.6. The van der Waals surface area contributed by atoms with Gasteiger partial charge in [0, 0.05) is 17.2 Å². The van der Waals surface area contributed by atoms with Crippen LogP contribution in [0.2, 0.25) is 0 Å². The van der Waals surface area contributed by atoms with Crippen molar-refractivity contribution < 1.29 is 23.8 Å². The Morgan fingerprint density at radius 1 is 0.875 bits per heavy atom. The summed E-state index contributed by atoms with van der Waals surface area (Å²) in [4.78, 5) is 25.7. The molecule has 1 unspecified atom stereocenters. The standard InChI is InChI=1S/C26H25NO5/c1-18-13-15-23(31-3)21(17-18)27-26(29)25(20-10-5-4-6-11-20)32-24(28)16-14-19-9-7-8-12-22(19)30-2/h4-17,25H,1-3H3,(H,27,29)/b16-14+. The van der Waals surface area contributed by atoms with Gasteiger partial charge in [-0.05, 0) is 36.8 Å². The molecule has 0 bridgehead atoms. The predicted molar refractivity (Wildman–Crippen MR) is 124 cm³/mol. The number of nitrogens with one attached hydrogen (secondary N) is 1. The zero-order valence-electron chi connectivity index (χ0n) is 18.2. The normalized spacial score (nSPS) is 11.6. The Hall–Kier alpha value is -4.06. The Morgan fingerprint density at radius 2 is 1.56 bits per heavy atom. The minimum atomic E-state index is -1.14. The molecule has 164 valence electrons. The van der Waals surface area contributed by atoms with E-state index in [0.717, 1.165) is 11.1 Å². The van der Waals surface area contributed by atoms with Crippen molar-refractivity contribution in [2.75, 3.05) is 19.5 Å². The molecular formula is C26H25NO5. The van der Waals surface area contributed by atoms with Crippen LogP contribution in [0.4, 0.5) is 5.69 Å². The molecule has 0 fully saturated rings. The highest BCUT2D eigenvalue weighted by Gasteiger charge is 2.25. The highest BCUT2D eigenvalue weighted by Crippen LogP contribution is 2.28. The summed E-state index contributed by atoms with van der Waals surface area (Å²) in [6.07, 6.45) is 1.72. The molecule has 0 aliphatic rings. The van der Waals surface area contributed by atoms with Gasteiger partial charge in [0.05, 0.1) is 19.9 Å². The lowest BCUT2D eigenvalue weighted by atomic mass is 10.1. The van der Waals surface area contributed by atoms with Crippen LogP contribution in [-0.2, 0) is 14.3 Å². The highest BCUT2D eigenvalue weighted by atomic mass is 16.5. The number of benzene rings is 3. The Balaban J connectivity index is 1.82. The summed E-state index contributed by atoms with van der Waals surface area (Å²) in [6, 6.07) is 21.6. The summed E-state index contributed by atoms with van der Waals surface area (Å²) in [6.45, 7) is 1.91. The maximum atomic E-state index is 13.1. The number of carbonyl (C=O) groups excluding carboxylic acids is 2. The van der Waals surface area contributed by atoms with Crippen LogP contribution in [0.1, 0.15) is 22.8 Å². The van der Waals surface area contributed by atoms with Gasteiger partial charge in [-0.3, -0.25) is 4.79 Å². The van der Waals surface area contributed by atoms with Crippen LogP contribution in [0.15, 0.2) is 78.9 Å². The van der Waals surface area contributed by atoms with Gasteiger partial charge in [0.25, 0.3) is 5.91 Å². The summed E-state index contributed by atoms with van der Waals surface area (Å²) >= 11 is 0. The maximum Gasteiger partial charge on any atom is 0.331 e. The number of carbonyl (C=O) groups is 2. The zero-order valence-corrected chi connectivity index (χ0v) is 18.2. The van der Waals surface area contributed by atoms with E-state index >= 15 is 0 Å². The van der Waals surface area contributed by atoms with E-state index in [2.05, 4.69) is 5.32 Å². The van der Waals surface area contributed by atoms with Crippen LogP contribution in [0.25, 0.3) is 6.08 Å². The Morgan fingerprint density at radius 3 is 2.28 bits per heavy atom. The molecule has 32 heavy (non-hydrogen) atoms. The molecule has 3 rings (SSSR count). The number of aryl methyl sites for hydroxylation is 1. The number of ether oxygens (including phenoxy) is 3. The molecule has 1 atom stereocenters. The van der Waals surface area contributed by atoms with Gasteiger partial charge in [-0.15, -0.1) is 0 Å². The summed E-state index contributed by atoms with van der Waals surface area (Å²) in [5.41, 5.74) is 2.72. The van der Waals surface area contributed by atoms with E-state index in [-0.39, 0.29) is 0 Å². The van der Waals surface area contributed by atoms with Crippen LogP contribution >= 0.6 is 0 Å². The topological polar surface area (TPSA) is 73.9 Å². The largest absolute Gasteiger partial charge is 0.496 e. The van der Waals surface area contributed by atoms with E-state index in [0.29, 0.717) is 22.7 Å². The second-order valence-electron chi connectivity index (χ2n) is 7.00. The van der Waals surface area contributed by atoms with Gasteiger partial charge in [0.2, 0.25) is 6.10 Å². The third kappa shape index (κ3) is 5.76. The molecule has 0 radical (unpaired) electrons. The average molecular weight is 431 g/mol. The van der Waals surface area contributed by atoms with Gasteiger partial charge in [0.1, 0.15) is 11.5 Å². The predicted octanol–water partition coefficient (Wildman–Crippen LogP) is 4.95. The lowest BCUT2D eigenvalue weighted by Crippen LogP contribution is -2.25. The number of methoxy groups -OCH3 is 2. The van der Waals surface area contributed by atoms with E-state index in [9.17, 15) is 9.59 Å². The smallest absolute Gasteiger partial charge is 0.331 e. The number of amides is 1. The summed E-state index contributed by atoms with van der Waals surface area (Å²) in [5.74, 6) is -0.00569. The van der Waals surface area contributed by atoms with Crippen LogP contribution in [0.3, 0.4) is 0 Å². The third-order valence-electron chi connectivity index (χ3n) is 4.73. The monoisotopic (exact) mass is 431 g/mol. The molecule has 6 heteroatoms. The van der Waals surface area contributed by atoms with Gasteiger partial charge in [0.15, 0.2) is 0 Å². The highest BCUT2D eigenvalue weighted by molar-refractivity contribution is 5.98. The number of para-hydroxylation sites is 1. The first-order valence-corrected chi connectivity index (χ1v) is 10.0. The first-order valence-electron chi connectivity index (χ1n) is 10.0. The molecule has 0 aliphatic carbocycles. The van der Waals surface area contributed by atoms with Crippen molar-refractivity contribution in [3.05, 3.63) is 95.6 Å². The molecule has 0 aliphatic heterocycles. The molecular weight excluding hydrogens is 406 g/mol. The quantitative estimate of drug-likeness (QED) is 0.404. The molecule has 0 aromatic heterocycles. The fourth-order valence-corrected chi connectivity index (χ4v) is 3.14. The van der Waals surface area contributed by atoms with Gasteiger partial charge in [-0.1, -0.05) is 54.6 Å². The van der Waals surface area contributed by atoms with E-state index in [1.165, 1.54) is 13.2 Å². The Labute approximate surface area is 187 Å². The van der Waals surface area contributed by atoms with Crippen LogP contribution in [0.5, 0.6) is 11.5 Å². The van der Waals surface area contributed by atoms with Crippen LogP contribution in [-0.4, -0.2) is 26.1 Å². The second-order valence-corrected chi connectivity index (χ2v) is 7.00. The van der Waals surface area contributed by atoms with Crippen LogP contribution in [0, 0.1) is 6.92 Å². The SMILES string of the molecule is COc1ccccc1/C=C/C(=O)OC(C(=O)Nc1cc(C)ccc1OC)c1ccccc1. The minimum absolute atomic E-state index is 0.487. The van der Waals surface area contributed by atoms with Crippen molar-refractivity contribution in [1.82, 2.24) is 0 Å². The van der Waals surface area contributed by atoms with Gasteiger partial charge < -0.3 is 19.5 Å². The summed E-state index contributed by atoms with van der Waals surface area (Å²) < 4.78 is 16.2. The lowest BCUT2D eigenvalue weighted by molar-refractivity contribution is -0.149. The average Bonchev–Trinajstić information content (AvgIpc) is 2.82. The first-order chi connectivity index (χ1) is 15.5. The van der Waals surface area contributed by atoms with Crippen molar-refractivity contribution in [3.8, 4) is 11.5 Å². The molecule has 3 aromatic rings. The van der Waals surface area contributed by atoms with E-state index in [1.54, 1.807) is 55.7 Å². The number of anilines is 1. The third-order valence-corrected chi connectivity index (χ3v) is 4.73. The van der Waals surface area contributed by atoms with Crippen LogP contribution < -0.4 is 14.8 Å². The van der Waals surface area contributed by atoms with Gasteiger partial charge in [-0.2, -0.15) is 0 Å². The van der Waals surface area contributed by atoms with Crippen molar-refractivity contribution in [2.45, 2.75) is 13.0 Å². The fraction of sp³-hybridized carbons (Fsp3) is 0.154. The van der Waals surface area contributed by atoms with E-state index < -0.39 is 18.0 Å². The number of hydrogen-bond acceptors (Lipinski definition) is 5. The maximum absolute atomic E-state index is 13.1. The summed E-state index contributed by atoms with van der Waals surface area (Å²) in [5, 5.41) is 2.81. The van der Waals surface area contributed by atoms with E-state index in [1.807, 2.05) is 37.3 Å². The molecule has 0 spiro atoms. The molecule has 0 saturated carbocycles. The molecule has 1 N–H and O–H groups in total. The number of rotatable bonds is 8. The van der Waals surface area contributed by atoms with Crippen molar-refractivity contribution in [3.63, 3.8) is 0 Å². The molecule has 3 aromatic carbocycles. The van der Waals surface area contributed by atoms with E-state index in [4.69, 9.17) is 14.2 Å². The second kappa shape index (κ2) is 10.8. The number of esters is 1. The molecule has 0 heterocycles. The summed E-state index contributed by atoms with van der Waals surface area (Å²) in [7, 11) is 3.08. The fourth-order valence-electron chi connectivity index (χ4n) is 3.14. The van der Waals surface area contributed by atoms with Crippen molar-refractivity contribution in [2.24, 2.45) is 0 Å². The molecule has 6 nitrogen and oxygen atoms in total. The zero-order chi connectivity index (χ0) is 22.9. The molecule has 0 saturated heterocycles. The van der Waals surface area contributed by atoms with Crippen molar-refractivity contribution >= 4 is 23.6 Å². The Bertz CT molecular complexity index is 1110. The number of hydrogen-bond donors (Lipinski definition) is 1. The van der Waals surface area contributed by atoms with Crippen molar-refractivity contribution in [1.29, 1.82) is 0 Å². The minimum Gasteiger partial charge on any atom is -0.496 e. The van der Waals surface area contributed by atoms with Gasteiger partial charge in [-0.25, -0.2) is 4.79 Å². The Kier molecular flexibility index (Phi) is 7.65. The van der Waals surface area contributed by atoms with Gasteiger partial charge >= 0.3 is 5.97 Å².